The number of aliphatic hydroxyl groups is 1. The fourth-order valence-electron chi connectivity index (χ4n) is 1.35. The van der Waals surface area contributed by atoms with Crippen LogP contribution in [0, 0.1) is 0 Å². The van der Waals surface area contributed by atoms with Crippen LogP contribution in [0.2, 0.25) is 0 Å². The van der Waals surface area contributed by atoms with Crippen LogP contribution in [0.3, 0.4) is 0 Å². The molecule has 1 rings (SSSR count). The molecule has 0 aliphatic rings. The molecule has 2 atom stereocenters. The number of carboxylic acid groups (broad SMARTS) is 1. The zero-order valence-corrected chi connectivity index (χ0v) is 11.1. The van der Waals surface area contributed by atoms with Gasteiger partial charge in [-0.15, -0.1) is 0 Å². The number of amides is 1. The molecule has 0 fully saturated rings. The number of nitrogens with one attached hydrogen (secondary N) is 1. The van der Waals surface area contributed by atoms with Gasteiger partial charge in [-0.25, -0.2) is 4.79 Å². The van der Waals surface area contributed by atoms with E-state index in [1.54, 1.807) is 6.07 Å². The average Bonchev–Trinajstić information content (AvgIpc) is 2.24. The molecule has 18 heavy (non-hydrogen) atoms. The van der Waals surface area contributed by atoms with Gasteiger partial charge in [-0.05, 0) is 25.1 Å². The van der Waals surface area contributed by atoms with Crippen molar-refractivity contribution in [2.24, 2.45) is 0 Å². The van der Waals surface area contributed by atoms with E-state index >= 15 is 0 Å². The molecule has 0 aliphatic heterocycles. The first-order valence-electron chi connectivity index (χ1n) is 5.09. The van der Waals surface area contributed by atoms with E-state index < -0.39 is 24.0 Å². The van der Waals surface area contributed by atoms with Gasteiger partial charge in [0.1, 0.15) is 0 Å². The Kier molecular flexibility index (Phi) is 4.69. The number of nitrogens with two attached hydrogens (primary N) is 1. The molecule has 6 nitrogen and oxygen atoms in total. The van der Waals surface area contributed by atoms with Crippen molar-refractivity contribution in [1.29, 1.82) is 0 Å². The van der Waals surface area contributed by atoms with Crippen molar-refractivity contribution in [1.82, 2.24) is 5.32 Å². The lowest BCUT2D eigenvalue weighted by Crippen LogP contribution is -2.47. The standard InChI is InChI=1S/C11H13BrN2O4/c1-5(15)9(11(17)18)14-10(16)7-3-2-6(12)4-8(7)13/h2-5,9,15H,13H2,1H3,(H,14,16)(H,17,18). The first-order valence-corrected chi connectivity index (χ1v) is 5.89. The average molecular weight is 317 g/mol. The Bertz CT molecular complexity index is 476. The van der Waals surface area contributed by atoms with Crippen molar-refractivity contribution >= 4 is 33.5 Å². The summed E-state index contributed by atoms with van der Waals surface area (Å²) in [6, 6.07) is 3.24. The number of hydrogen-bond donors (Lipinski definition) is 4. The minimum Gasteiger partial charge on any atom is -0.480 e. The van der Waals surface area contributed by atoms with Crippen molar-refractivity contribution < 1.29 is 19.8 Å². The Morgan fingerprint density at radius 1 is 1.44 bits per heavy atom. The lowest BCUT2D eigenvalue weighted by atomic mass is 10.1. The summed E-state index contributed by atoms with van der Waals surface area (Å²) in [5.41, 5.74) is 6.03. The van der Waals surface area contributed by atoms with E-state index in [1.807, 2.05) is 0 Å². The second kappa shape index (κ2) is 5.83. The predicted octanol–water partition coefficient (Wildman–Crippen LogP) is 0.595. The molecule has 98 valence electrons. The first kappa shape index (κ1) is 14.5. The molecule has 5 N–H and O–H groups in total. The number of rotatable bonds is 4. The number of hydrogen-bond acceptors (Lipinski definition) is 4. The smallest absolute Gasteiger partial charge is 0.328 e. The van der Waals surface area contributed by atoms with Gasteiger partial charge in [0.25, 0.3) is 5.91 Å². The van der Waals surface area contributed by atoms with E-state index in [0.29, 0.717) is 4.47 Å². The summed E-state index contributed by atoms with van der Waals surface area (Å²) < 4.78 is 0.710. The van der Waals surface area contributed by atoms with E-state index in [0.717, 1.165) is 0 Å². The molecule has 0 aliphatic carbocycles. The summed E-state index contributed by atoms with van der Waals surface area (Å²) in [7, 11) is 0. The third-order valence-electron chi connectivity index (χ3n) is 2.29. The number of anilines is 1. The Hall–Kier alpha value is -1.60. The second-order valence-corrected chi connectivity index (χ2v) is 4.68. The number of halogens is 1. The van der Waals surface area contributed by atoms with Gasteiger partial charge in [-0.2, -0.15) is 0 Å². The van der Waals surface area contributed by atoms with Gasteiger partial charge in [0.05, 0.1) is 11.7 Å². The van der Waals surface area contributed by atoms with E-state index in [9.17, 15) is 14.7 Å². The number of nitrogen functional groups attached to an aromatic ring is 1. The molecular formula is C11H13BrN2O4. The van der Waals surface area contributed by atoms with Gasteiger partial charge in [0, 0.05) is 10.2 Å². The normalized spacial score (nSPS) is 13.7. The van der Waals surface area contributed by atoms with Crippen LogP contribution < -0.4 is 11.1 Å². The van der Waals surface area contributed by atoms with Gasteiger partial charge >= 0.3 is 5.97 Å². The van der Waals surface area contributed by atoms with Gasteiger partial charge < -0.3 is 21.3 Å². The monoisotopic (exact) mass is 316 g/mol. The van der Waals surface area contributed by atoms with Gasteiger partial charge in [-0.3, -0.25) is 4.79 Å². The molecule has 1 aromatic carbocycles. The molecule has 1 aromatic rings. The highest BCUT2D eigenvalue weighted by Gasteiger charge is 2.26. The fraction of sp³-hybridized carbons (Fsp3) is 0.273. The zero-order valence-electron chi connectivity index (χ0n) is 9.55. The lowest BCUT2D eigenvalue weighted by molar-refractivity contribution is -0.141. The minimum absolute atomic E-state index is 0.158. The highest BCUT2D eigenvalue weighted by Crippen LogP contribution is 2.18. The number of aliphatic hydroxyl groups excluding tert-OH is 1. The molecular weight excluding hydrogens is 304 g/mol. The van der Waals surface area contributed by atoms with E-state index in [1.165, 1.54) is 19.1 Å². The Morgan fingerprint density at radius 2 is 2.06 bits per heavy atom. The largest absolute Gasteiger partial charge is 0.480 e. The van der Waals surface area contributed by atoms with Crippen LogP contribution in [-0.4, -0.2) is 34.2 Å². The first-order chi connectivity index (χ1) is 8.32. The molecule has 0 heterocycles. The summed E-state index contributed by atoms with van der Waals surface area (Å²) in [5.74, 6) is -1.96. The van der Waals surface area contributed by atoms with Crippen molar-refractivity contribution in [3.05, 3.63) is 28.2 Å². The molecule has 0 aromatic heterocycles. The Morgan fingerprint density at radius 3 is 2.50 bits per heavy atom. The molecule has 0 saturated carbocycles. The Balaban J connectivity index is 2.91. The van der Waals surface area contributed by atoms with E-state index in [-0.39, 0.29) is 11.3 Å². The van der Waals surface area contributed by atoms with Crippen LogP contribution in [0.1, 0.15) is 17.3 Å². The van der Waals surface area contributed by atoms with Crippen LogP contribution in [0.5, 0.6) is 0 Å². The summed E-state index contributed by atoms with van der Waals surface area (Å²) >= 11 is 3.20. The van der Waals surface area contributed by atoms with E-state index in [4.69, 9.17) is 10.8 Å². The van der Waals surface area contributed by atoms with Crippen LogP contribution in [0.4, 0.5) is 5.69 Å². The molecule has 0 spiro atoms. The highest BCUT2D eigenvalue weighted by molar-refractivity contribution is 9.10. The summed E-state index contributed by atoms with van der Waals surface area (Å²) in [6.07, 6.45) is -1.21. The van der Waals surface area contributed by atoms with Crippen molar-refractivity contribution in [3.8, 4) is 0 Å². The van der Waals surface area contributed by atoms with Crippen LogP contribution >= 0.6 is 15.9 Å². The van der Waals surface area contributed by atoms with E-state index in [2.05, 4.69) is 21.2 Å². The van der Waals surface area contributed by atoms with Crippen LogP contribution in [0.25, 0.3) is 0 Å². The number of carbonyl (C=O) groups is 2. The van der Waals surface area contributed by atoms with Crippen molar-refractivity contribution in [3.63, 3.8) is 0 Å². The molecule has 1 amide bonds. The SMILES string of the molecule is CC(O)C(NC(=O)c1ccc(Br)cc1N)C(=O)O. The fourth-order valence-corrected chi connectivity index (χ4v) is 1.73. The van der Waals surface area contributed by atoms with Crippen molar-refractivity contribution in [2.45, 2.75) is 19.1 Å². The maximum atomic E-state index is 11.8. The molecule has 0 bridgehead atoms. The number of carboxylic acids is 1. The summed E-state index contributed by atoms with van der Waals surface area (Å²) in [6.45, 7) is 1.28. The maximum Gasteiger partial charge on any atom is 0.328 e. The molecule has 7 heteroatoms. The van der Waals surface area contributed by atoms with Crippen LogP contribution in [-0.2, 0) is 4.79 Å². The lowest BCUT2D eigenvalue weighted by Gasteiger charge is -2.17. The zero-order chi connectivity index (χ0) is 13.9. The quantitative estimate of drug-likeness (QED) is 0.607. The molecule has 0 radical (unpaired) electrons. The topological polar surface area (TPSA) is 113 Å². The number of benzene rings is 1. The number of aliphatic carboxylic acids is 1. The Labute approximate surface area is 112 Å². The van der Waals surface area contributed by atoms with Crippen LogP contribution in [0.15, 0.2) is 22.7 Å². The van der Waals surface area contributed by atoms with Gasteiger partial charge in [0.2, 0.25) is 0 Å². The molecule has 2 unspecified atom stereocenters. The third-order valence-corrected chi connectivity index (χ3v) is 2.79. The van der Waals surface area contributed by atoms with Crippen molar-refractivity contribution in [2.75, 3.05) is 5.73 Å². The summed E-state index contributed by atoms with van der Waals surface area (Å²) in [4.78, 5) is 22.6. The predicted molar refractivity (Wildman–Crippen MR) is 69.1 cm³/mol. The minimum atomic E-state index is -1.37. The number of carbonyl (C=O) groups excluding carboxylic acids is 1. The van der Waals surface area contributed by atoms with Gasteiger partial charge in [0.15, 0.2) is 6.04 Å². The highest BCUT2D eigenvalue weighted by atomic mass is 79.9. The maximum absolute atomic E-state index is 11.8. The third kappa shape index (κ3) is 3.44. The summed E-state index contributed by atoms with van der Waals surface area (Å²) in [5, 5.41) is 20.3. The molecule has 0 saturated heterocycles. The second-order valence-electron chi connectivity index (χ2n) is 3.76. The van der Waals surface area contributed by atoms with Gasteiger partial charge in [-0.1, -0.05) is 15.9 Å².